The number of halogens is 4. The van der Waals surface area contributed by atoms with E-state index < -0.39 is 46.4 Å². The Balaban J connectivity index is 2.70. The third kappa shape index (κ3) is 6.26. The Labute approximate surface area is 123 Å². The van der Waals surface area contributed by atoms with Crippen LogP contribution in [0.5, 0.6) is 5.75 Å². The average Bonchev–Trinajstić information content (AvgIpc) is 2.35. The van der Waals surface area contributed by atoms with E-state index in [0.29, 0.717) is 0 Å². The Morgan fingerprint density at radius 3 is 2.55 bits per heavy atom. The van der Waals surface area contributed by atoms with Crippen molar-refractivity contribution in [2.75, 3.05) is 11.1 Å². The molecule has 0 radical (unpaired) electrons. The molecule has 0 aromatic heterocycles. The summed E-state index contributed by atoms with van der Waals surface area (Å²) in [6, 6.07) is 4.36. The second kappa shape index (κ2) is 6.92. The number of primary sulfonamides is 1. The first-order valence-electron chi connectivity index (χ1n) is 5.75. The van der Waals surface area contributed by atoms with E-state index in [1.807, 2.05) is 0 Å². The van der Waals surface area contributed by atoms with E-state index in [0.717, 1.165) is 12.1 Å². The summed E-state index contributed by atoms with van der Waals surface area (Å²) in [6.45, 7) is 0. The summed E-state index contributed by atoms with van der Waals surface area (Å²) in [5.41, 5.74) is -0.0259. The number of carbonyl (C=O) groups is 1. The summed E-state index contributed by atoms with van der Waals surface area (Å²) < 4.78 is 74.7. The largest absolute Gasteiger partial charge is 0.461 e. The van der Waals surface area contributed by atoms with Crippen LogP contribution in [0.4, 0.5) is 23.2 Å². The number of rotatable bonds is 7. The zero-order valence-electron chi connectivity index (χ0n) is 10.9. The van der Waals surface area contributed by atoms with Gasteiger partial charge in [-0.2, -0.15) is 17.6 Å². The molecule has 0 bridgehead atoms. The van der Waals surface area contributed by atoms with Crippen LogP contribution >= 0.6 is 0 Å². The maximum atomic E-state index is 12.7. The minimum Gasteiger partial charge on any atom is -0.428 e. The quantitative estimate of drug-likeness (QED) is 0.733. The number of hydrogen-bond donors (Lipinski definition) is 2. The highest BCUT2D eigenvalue weighted by molar-refractivity contribution is 7.89. The minimum absolute atomic E-state index is 0.0259. The molecule has 1 rings (SSSR count). The second-order valence-electron chi connectivity index (χ2n) is 4.16. The highest BCUT2D eigenvalue weighted by atomic mass is 32.2. The Morgan fingerprint density at radius 2 is 2.00 bits per heavy atom. The molecule has 1 aromatic rings. The van der Waals surface area contributed by atoms with Crippen LogP contribution in [0.25, 0.3) is 0 Å². The average molecular weight is 344 g/mol. The number of hydrogen-bond acceptors (Lipinski definition) is 4. The number of benzene rings is 1. The van der Waals surface area contributed by atoms with E-state index in [2.05, 4.69) is 10.1 Å². The van der Waals surface area contributed by atoms with Crippen molar-refractivity contribution in [1.82, 2.24) is 0 Å². The van der Waals surface area contributed by atoms with Crippen molar-refractivity contribution in [3.63, 3.8) is 0 Å². The van der Waals surface area contributed by atoms with Crippen LogP contribution in [0.1, 0.15) is 6.42 Å². The van der Waals surface area contributed by atoms with Crippen molar-refractivity contribution in [2.24, 2.45) is 5.14 Å². The van der Waals surface area contributed by atoms with Gasteiger partial charge in [0.25, 0.3) is 0 Å². The van der Waals surface area contributed by atoms with Crippen molar-refractivity contribution < 1.29 is 35.5 Å². The van der Waals surface area contributed by atoms with Crippen LogP contribution < -0.4 is 15.2 Å². The molecular weight excluding hydrogens is 332 g/mol. The van der Waals surface area contributed by atoms with Crippen LogP contribution in [0.3, 0.4) is 0 Å². The number of sulfonamides is 1. The van der Waals surface area contributed by atoms with E-state index in [-0.39, 0.29) is 5.69 Å². The number of alkyl halides is 4. The van der Waals surface area contributed by atoms with Crippen molar-refractivity contribution >= 4 is 21.6 Å². The summed E-state index contributed by atoms with van der Waals surface area (Å²) in [6.07, 6.45) is -9.13. The van der Waals surface area contributed by atoms with E-state index in [1.165, 1.54) is 12.1 Å². The molecule has 0 atom stereocenters. The van der Waals surface area contributed by atoms with Gasteiger partial charge < -0.3 is 10.1 Å². The van der Waals surface area contributed by atoms with Gasteiger partial charge in [0.2, 0.25) is 15.9 Å². The third-order valence-electron chi connectivity index (χ3n) is 2.24. The van der Waals surface area contributed by atoms with Gasteiger partial charge in [0.05, 0.1) is 5.75 Å². The van der Waals surface area contributed by atoms with Gasteiger partial charge in [0.1, 0.15) is 5.75 Å². The molecule has 124 valence electrons. The highest BCUT2D eigenvalue weighted by Crippen LogP contribution is 2.28. The molecule has 6 nitrogen and oxygen atoms in total. The fourth-order valence-corrected chi connectivity index (χ4v) is 1.77. The number of nitrogens with two attached hydrogens (primary N) is 1. The number of ether oxygens (including phenoxy) is 1. The van der Waals surface area contributed by atoms with Gasteiger partial charge in [0.15, 0.2) is 0 Å². The van der Waals surface area contributed by atoms with Crippen molar-refractivity contribution in [3.8, 4) is 5.75 Å². The van der Waals surface area contributed by atoms with Crippen molar-refractivity contribution in [2.45, 2.75) is 19.0 Å². The normalized spacial score (nSPS) is 12.3. The summed E-state index contributed by atoms with van der Waals surface area (Å²) >= 11 is 0. The van der Waals surface area contributed by atoms with Crippen LogP contribution in [-0.2, 0) is 14.8 Å². The van der Waals surface area contributed by atoms with Gasteiger partial charge in [-0.15, -0.1) is 0 Å². The molecule has 11 heteroatoms. The molecule has 0 fully saturated rings. The lowest BCUT2D eigenvalue weighted by Crippen LogP contribution is -2.33. The molecule has 0 saturated heterocycles. The van der Waals surface area contributed by atoms with Crippen LogP contribution in [0.15, 0.2) is 24.3 Å². The lowest BCUT2D eigenvalue weighted by molar-refractivity contribution is -0.253. The minimum atomic E-state index is -4.67. The molecule has 3 N–H and O–H groups in total. The molecule has 0 aliphatic heterocycles. The first kappa shape index (κ1) is 18.2. The predicted molar refractivity (Wildman–Crippen MR) is 69.2 cm³/mol. The summed E-state index contributed by atoms with van der Waals surface area (Å²) in [4.78, 5) is 11.4. The highest BCUT2D eigenvalue weighted by Gasteiger charge is 2.43. The molecule has 0 saturated carbocycles. The van der Waals surface area contributed by atoms with E-state index in [9.17, 15) is 30.8 Å². The van der Waals surface area contributed by atoms with E-state index in [4.69, 9.17) is 5.14 Å². The Morgan fingerprint density at radius 1 is 1.36 bits per heavy atom. The standard InChI is InChI=1S/C11H12F4N2O4S/c12-10(13)11(14,15)21-8-3-1-2-7(6-8)17-9(18)4-5-22(16,19)20/h1-3,6,10H,4-5H2,(H,17,18)(H2,16,19,20). The lowest BCUT2D eigenvalue weighted by Gasteiger charge is -2.17. The molecule has 0 heterocycles. The van der Waals surface area contributed by atoms with Crippen molar-refractivity contribution in [1.29, 1.82) is 0 Å². The zero-order valence-corrected chi connectivity index (χ0v) is 11.7. The van der Waals surface area contributed by atoms with Gasteiger partial charge in [-0.1, -0.05) is 6.07 Å². The number of nitrogens with one attached hydrogen (secondary N) is 1. The molecule has 1 aromatic carbocycles. The maximum absolute atomic E-state index is 12.7. The first-order chi connectivity index (χ1) is 9.99. The molecule has 0 unspecified atom stereocenters. The van der Waals surface area contributed by atoms with Gasteiger partial charge in [0, 0.05) is 18.2 Å². The van der Waals surface area contributed by atoms with Crippen LogP contribution in [-0.4, -0.2) is 32.6 Å². The number of carbonyl (C=O) groups excluding carboxylic acids is 1. The predicted octanol–water partition coefficient (Wildman–Crippen LogP) is 1.54. The summed E-state index contributed by atoms with van der Waals surface area (Å²) in [5.74, 6) is -1.93. The van der Waals surface area contributed by atoms with Crippen LogP contribution in [0.2, 0.25) is 0 Å². The van der Waals surface area contributed by atoms with Gasteiger partial charge in [-0.05, 0) is 12.1 Å². The van der Waals surface area contributed by atoms with Crippen LogP contribution in [0, 0.1) is 0 Å². The fraction of sp³-hybridized carbons (Fsp3) is 0.364. The SMILES string of the molecule is NS(=O)(=O)CCC(=O)Nc1cccc(OC(F)(F)C(F)F)c1. The second-order valence-corrected chi connectivity index (χ2v) is 5.89. The number of anilines is 1. The van der Waals surface area contributed by atoms with Gasteiger partial charge >= 0.3 is 12.5 Å². The smallest absolute Gasteiger partial charge is 0.428 e. The Hall–Kier alpha value is -1.88. The molecule has 0 aliphatic carbocycles. The molecule has 0 spiro atoms. The lowest BCUT2D eigenvalue weighted by atomic mass is 10.3. The van der Waals surface area contributed by atoms with Gasteiger partial charge in [-0.25, -0.2) is 13.6 Å². The van der Waals surface area contributed by atoms with Gasteiger partial charge in [-0.3, -0.25) is 4.79 Å². The summed E-state index contributed by atoms with van der Waals surface area (Å²) in [5, 5.41) is 6.92. The van der Waals surface area contributed by atoms with Crippen molar-refractivity contribution in [3.05, 3.63) is 24.3 Å². The zero-order chi connectivity index (χ0) is 17.0. The Bertz CT molecular complexity index is 637. The third-order valence-corrected chi connectivity index (χ3v) is 3.01. The molecule has 22 heavy (non-hydrogen) atoms. The fourth-order valence-electron chi connectivity index (χ4n) is 1.30. The first-order valence-corrected chi connectivity index (χ1v) is 7.46. The molecule has 0 aliphatic rings. The molecule has 1 amide bonds. The van der Waals surface area contributed by atoms with E-state index in [1.54, 1.807) is 0 Å². The van der Waals surface area contributed by atoms with E-state index >= 15 is 0 Å². The number of amides is 1. The maximum Gasteiger partial charge on any atom is 0.461 e. The monoisotopic (exact) mass is 344 g/mol. The summed E-state index contributed by atoms with van der Waals surface area (Å²) in [7, 11) is -3.82. The molecular formula is C11H12F4N2O4S. The Kier molecular flexibility index (Phi) is 5.72. The topological polar surface area (TPSA) is 98.5 Å².